The lowest BCUT2D eigenvalue weighted by Crippen LogP contribution is -2.12. The highest BCUT2D eigenvalue weighted by Gasteiger charge is 2.18. The molecule has 0 unspecified atom stereocenters. The number of fused-ring (bicyclic) bond motifs is 1. The fourth-order valence-corrected chi connectivity index (χ4v) is 2.16. The van der Waals surface area contributed by atoms with Gasteiger partial charge in [0.25, 0.3) is 0 Å². The molecule has 2 aromatic rings. The van der Waals surface area contributed by atoms with Gasteiger partial charge in [-0.25, -0.2) is 0 Å². The van der Waals surface area contributed by atoms with Crippen molar-refractivity contribution in [2.75, 3.05) is 0 Å². The predicted octanol–water partition coefficient (Wildman–Crippen LogP) is 2.66. The van der Waals surface area contributed by atoms with Gasteiger partial charge in [0.05, 0.1) is 11.4 Å². The fourth-order valence-electron chi connectivity index (χ4n) is 2.16. The van der Waals surface area contributed by atoms with Crippen LogP contribution in [0.2, 0.25) is 0 Å². The van der Waals surface area contributed by atoms with E-state index in [1.54, 1.807) is 12.4 Å². The molecule has 0 saturated carbocycles. The molecule has 1 aliphatic rings. The molecule has 0 amide bonds. The summed E-state index contributed by atoms with van der Waals surface area (Å²) < 4.78 is 0. The van der Waals surface area contributed by atoms with Crippen LogP contribution >= 0.6 is 0 Å². The largest absolute Gasteiger partial charge is 0.294 e. The van der Waals surface area contributed by atoms with Crippen molar-refractivity contribution in [3.8, 4) is 11.3 Å². The fraction of sp³-hybridized carbons (Fsp3) is 0.214. The maximum Gasteiger partial charge on any atom is 0.164 e. The summed E-state index contributed by atoms with van der Waals surface area (Å²) in [7, 11) is 0. The number of Topliss-reactive ketones (excluding diaryl/α,β-unsaturated/α-hetero) is 1. The van der Waals surface area contributed by atoms with E-state index < -0.39 is 0 Å². The minimum absolute atomic E-state index is 0.205. The van der Waals surface area contributed by atoms with Crippen LogP contribution in [0.3, 0.4) is 0 Å². The van der Waals surface area contributed by atoms with Crippen molar-refractivity contribution >= 4 is 5.78 Å². The number of carbonyl (C=O) groups is 1. The van der Waals surface area contributed by atoms with Gasteiger partial charge in [-0.3, -0.25) is 14.8 Å². The van der Waals surface area contributed by atoms with Crippen molar-refractivity contribution in [1.29, 1.82) is 0 Å². The van der Waals surface area contributed by atoms with Gasteiger partial charge in [-0.2, -0.15) is 0 Å². The molecule has 0 aliphatic heterocycles. The van der Waals surface area contributed by atoms with E-state index in [1.165, 1.54) is 0 Å². The lowest BCUT2D eigenvalue weighted by Gasteiger charge is -2.14. The van der Waals surface area contributed by atoms with Gasteiger partial charge < -0.3 is 0 Å². The first-order chi connectivity index (χ1) is 8.34. The minimum atomic E-state index is 0.205. The van der Waals surface area contributed by atoms with E-state index in [0.29, 0.717) is 6.42 Å². The van der Waals surface area contributed by atoms with Crippen LogP contribution in [-0.4, -0.2) is 15.8 Å². The summed E-state index contributed by atoms with van der Waals surface area (Å²) in [5, 5.41) is 0. The van der Waals surface area contributed by atoms with Crippen molar-refractivity contribution in [2.24, 2.45) is 0 Å². The highest BCUT2D eigenvalue weighted by atomic mass is 16.1. The Morgan fingerprint density at radius 1 is 1.12 bits per heavy atom. The molecule has 0 atom stereocenters. The first kappa shape index (κ1) is 10.1. The van der Waals surface area contributed by atoms with Crippen LogP contribution in [0, 0.1) is 0 Å². The molecule has 0 radical (unpaired) electrons. The average molecular weight is 224 g/mol. The molecule has 3 heteroatoms. The number of ketones is 1. The van der Waals surface area contributed by atoms with E-state index >= 15 is 0 Å². The quantitative estimate of drug-likeness (QED) is 0.747. The van der Waals surface area contributed by atoms with Gasteiger partial charge in [-0.05, 0) is 31.0 Å². The predicted molar refractivity (Wildman–Crippen MR) is 64.7 cm³/mol. The number of carbonyl (C=O) groups excluding carboxylic acids is 1. The van der Waals surface area contributed by atoms with Crippen LogP contribution in [0.5, 0.6) is 0 Å². The Labute approximate surface area is 99.5 Å². The molecule has 17 heavy (non-hydrogen) atoms. The van der Waals surface area contributed by atoms with Crippen LogP contribution in [0.15, 0.2) is 36.7 Å². The van der Waals surface area contributed by atoms with Crippen LogP contribution in [0.1, 0.15) is 28.9 Å². The maximum atomic E-state index is 11.8. The van der Waals surface area contributed by atoms with Crippen molar-refractivity contribution in [1.82, 2.24) is 9.97 Å². The maximum absolute atomic E-state index is 11.8. The molecular formula is C14H12N2O. The average Bonchev–Trinajstić information content (AvgIpc) is 2.40. The molecule has 0 spiro atoms. The van der Waals surface area contributed by atoms with Gasteiger partial charge in [0.2, 0.25) is 0 Å². The molecule has 2 heterocycles. The smallest absolute Gasteiger partial charge is 0.164 e. The Morgan fingerprint density at radius 3 is 2.88 bits per heavy atom. The van der Waals surface area contributed by atoms with Crippen molar-refractivity contribution in [3.05, 3.63) is 47.9 Å². The molecular weight excluding hydrogens is 212 g/mol. The minimum Gasteiger partial charge on any atom is -0.294 e. The Bertz CT molecular complexity index is 564. The molecule has 2 aromatic heterocycles. The molecule has 1 aliphatic carbocycles. The highest BCUT2D eigenvalue weighted by molar-refractivity contribution is 5.98. The summed E-state index contributed by atoms with van der Waals surface area (Å²) in [5.74, 6) is 0.205. The number of aryl methyl sites for hydroxylation is 1. The van der Waals surface area contributed by atoms with Gasteiger partial charge in [-0.1, -0.05) is 6.07 Å². The van der Waals surface area contributed by atoms with E-state index in [4.69, 9.17) is 0 Å². The molecule has 0 N–H and O–H groups in total. The number of hydrogen-bond acceptors (Lipinski definition) is 3. The Hall–Kier alpha value is -2.03. The number of aromatic nitrogens is 2. The number of rotatable bonds is 1. The molecule has 3 nitrogen and oxygen atoms in total. The third kappa shape index (κ3) is 1.84. The standard InChI is InChI=1S/C14H12N2O/c17-14-6-3-5-13-11(14)8-10(9-16-13)12-4-1-2-7-15-12/h1-2,4,7-9H,3,5-6H2. The lowest BCUT2D eigenvalue weighted by atomic mass is 9.93. The van der Waals surface area contributed by atoms with Gasteiger partial charge >= 0.3 is 0 Å². The Balaban J connectivity index is 2.09. The van der Waals surface area contributed by atoms with Gasteiger partial charge in [0.1, 0.15) is 0 Å². The summed E-state index contributed by atoms with van der Waals surface area (Å²) in [6.45, 7) is 0. The third-order valence-corrected chi connectivity index (χ3v) is 3.05. The van der Waals surface area contributed by atoms with E-state index in [0.717, 1.165) is 35.4 Å². The Morgan fingerprint density at radius 2 is 2.06 bits per heavy atom. The zero-order valence-corrected chi connectivity index (χ0v) is 9.39. The van der Waals surface area contributed by atoms with Gasteiger partial charge in [0, 0.05) is 29.9 Å². The third-order valence-electron chi connectivity index (χ3n) is 3.05. The summed E-state index contributed by atoms with van der Waals surface area (Å²) >= 11 is 0. The van der Waals surface area contributed by atoms with Crippen molar-refractivity contribution in [2.45, 2.75) is 19.3 Å². The number of nitrogens with zero attached hydrogens (tertiary/aromatic N) is 2. The second kappa shape index (κ2) is 4.09. The molecule has 0 saturated heterocycles. The normalized spacial score (nSPS) is 14.5. The molecule has 84 valence electrons. The van der Waals surface area contributed by atoms with Gasteiger partial charge in [0.15, 0.2) is 5.78 Å². The summed E-state index contributed by atoms with van der Waals surface area (Å²) in [5.41, 5.74) is 3.49. The number of pyridine rings is 2. The number of hydrogen-bond donors (Lipinski definition) is 0. The highest BCUT2D eigenvalue weighted by Crippen LogP contribution is 2.24. The van der Waals surface area contributed by atoms with Crippen molar-refractivity contribution in [3.63, 3.8) is 0 Å². The molecule has 0 aromatic carbocycles. The van der Waals surface area contributed by atoms with Crippen LogP contribution in [-0.2, 0) is 6.42 Å². The zero-order valence-electron chi connectivity index (χ0n) is 9.39. The first-order valence-corrected chi connectivity index (χ1v) is 5.78. The van der Waals surface area contributed by atoms with Crippen molar-refractivity contribution < 1.29 is 4.79 Å². The van der Waals surface area contributed by atoms with E-state index in [1.807, 2.05) is 24.3 Å². The van der Waals surface area contributed by atoms with Crippen LogP contribution in [0.25, 0.3) is 11.3 Å². The van der Waals surface area contributed by atoms with E-state index in [2.05, 4.69) is 9.97 Å². The monoisotopic (exact) mass is 224 g/mol. The van der Waals surface area contributed by atoms with Gasteiger partial charge in [-0.15, -0.1) is 0 Å². The van der Waals surface area contributed by atoms with Crippen LogP contribution < -0.4 is 0 Å². The molecule has 3 rings (SSSR count). The summed E-state index contributed by atoms with van der Waals surface area (Å²) in [6.07, 6.45) is 6.02. The Kier molecular flexibility index (Phi) is 2.44. The molecule has 0 bridgehead atoms. The summed E-state index contributed by atoms with van der Waals surface area (Å²) in [4.78, 5) is 20.5. The van der Waals surface area contributed by atoms with E-state index in [9.17, 15) is 4.79 Å². The molecule has 0 fully saturated rings. The zero-order chi connectivity index (χ0) is 11.7. The SMILES string of the molecule is O=C1CCCc2ncc(-c3ccccn3)cc21. The topological polar surface area (TPSA) is 42.9 Å². The second-order valence-corrected chi connectivity index (χ2v) is 4.21. The lowest BCUT2D eigenvalue weighted by molar-refractivity contribution is 0.0971. The summed E-state index contributed by atoms with van der Waals surface area (Å²) in [6, 6.07) is 7.66. The van der Waals surface area contributed by atoms with E-state index in [-0.39, 0.29) is 5.78 Å². The van der Waals surface area contributed by atoms with Crippen LogP contribution in [0.4, 0.5) is 0 Å². The first-order valence-electron chi connectivity index (χ1n) is 5.78. The second-order valence-electron chi connectivity index (χ2n) is 4.21.